The number of nitriles is 1. The van der Waals surface area contributed by atoms with Crippen LogP contribution in [-0.2, 0) is 5.54 Å². The Morgan fingerprint density at radius 2 is 2.15 bits per heavy atom. The number of pyridine rings is 1. The molecule has 0 saturated heterocycles. The van der Waals surface area contributed by atoms with Crippen LogP contribution < -0.4 is 5.73 Å². The second-order valence-corrected chi connectivity index (χ2v) is 6.72. The van der Waals surface area contributed by atoms with Crippen LogP contribution in [0.4, 0.5) is 8.78 Å². The molecule has 1 aromatic heterocycles. The van der Waals surface area contributed by atoms with Gasteiger partial charge in [0.15, 0.2) is 5.17 Å². The molecule has 2 aromatic rings. The van der Waals surface area contributed by atoms with E-state index in [-0.39, 0.29) is 5.69 Å². The van der Waals surface area contributed by atoms with Gasteiger partial charge in [-0.2, -0.15) is 5.26 Å². The standard InChI is InChI=1S/C19H14F2N4S/c1-19(6-7-26-18(23)25-19)14-8-12(2-4-15(14)20)9-16(21)17-5-3-13(10-22)11-24-17/h2-9,11H,1H3,(H2,23,25). The van der Waals surface area contributed by atoms with Crippen LogP contribution in [0.5, 0.6) is 0 Å². The molecule has 0 saturated carbocycles. The molecule has 2 N–H and O–H groups in total. The largest absolute Gasteiger partial charge is 0.378 e. The highest BCUT2D eigenvalue weighted by Crippen LogP contribution is 2.35. The van der Waals surface area contributed by atoms with Gasteiger partial charge in [-0.1, -0.05) is 17.8 Å². The van der Waals surface area contributed by atoms with Crippen molar-refractivity contribution >= 4 is 28.8 Å². The third-order valence-electron chi connectivity index (χ3n) is 3.89. The summed E-state index contributed by atoms with van der Waals surface area (Å²) >= 11 is 1.26. The van der Waals surface area contributed by atoms with Gasteiger partial charge in [-0.05, 0) is 54.3 Å². The minimum Gasteiger partial charge on any atom is -0.378 e. The molecule has 1 atom stereocenters. The number of thioether (sulfide) groups is 1. The normalized spacial score (nSPS) is 19.8. The number of nitrogens with two attached hydrogens (primary N) is 1. The van der Waals surface area contributed by atoms with Crippen LogP contribution in [0.2, 0.25) is 0 Å². The van der Waals surface area contributed by atoms with Crippen molar-refractivity contribution in [1.82, 2.24) is 4.98 Å². The molecule has 0 aliphatic carbocycles. The lowest BCUT2D eigenvalue weighted by molar-refractivity contribution is 0.545. The lowest BCUT2D eigenvalue weighted by atomic mass is 9.90. The van der Waals surface area contributed by atoms with Crippen LogP contribution in [0.25, 0.3) is 11.9 Å². The Bertz CT molecular complexity index is 974. The molecule has 1 aromatic carbocycles. The Kier molecular flexibility index (Phi) is 4.87. The van der Waals surface area contributed by atoms with Crippen LogP contribution in [0, 0.1) is 17.1 Å². The molecule has 0 bridgehead atoms. The summed E-state index contributed by atoms with van der Waals surface area (Å²) in [6, 6.07) is 9.10. The molecule has 26 heavy (non-hydrogen) atoms. The maximum atomic E-state index is 14.4. The van der Waals surface area contributed by atoms with Crippen LogP contribution in [0.3, 0.4) is 0 Å². The van der Waals surface area contributed by atoms with Crippen molar-refractivity contribution in [2.75, 3.05) is 0 Å². The molecule has 0 spiro atoms. The lowest BCUT2D eigenvalue weighted by Gasteiger charge is -2.25. The van der Waals surface area contributed by atoms with Gasteiger partial charge in [0.2, 0.25) is 0 Å². The molecule has 0 fully saturated rings. The number of hydrogen-bond acceptors (Lipinski definition) is 5. The first kappa shape index (κ1) is 17.8. The van der Waals surface area contributed by atoms with Crippen LogP contribution >= 0.6 is 11.8 Å². The lowest BCUT2D eigenvalue weighted by Crippen LogP contribution is -2.24. The third-order valence-corrected chi connectivity index (χ3v) is 4.50. The topological polar surface area (TPSA) is 75.1 Å². The SMILES string of the molecule is CC1(c2cc(C=C(F)c3ccc(C#N)cn3)ccc2F)C=CSC(N)=N1. The quantitative estimate of drug-likeness (QED) is 0.874. The predicted molar refractivity (Wildman–Crippen MR) is 100 cm³/mol. The molecule has 3 rings (SSSR count). The number of aromatic nitrogens is 1. The monoisotopic (exact) mass is 368 g/mol. The Balaban J connectivity index is 1.98. The van der Waals surface area contributed by atoms with Crippen molar-refractivity contribution in [2.24, 2.45) is 10.7 Å². The van der Waals surface area contributed by atoms with E-state index >= 15 is 0 Å². The van der Waals surface area contributed by atoms with E-state index in [1.54, 1.807) is 18.4 Å². The molecule has 7 heteroatoms. The van der Waals surface area contributed by atoms with E-state index in [1.165, 1.54) is 54.4 Å². The van der Waals surface area contributed by atoms with Crippen molar-refractivity contribution in [3.8, 4) is 6.07 Å². The maximum absolute atomic E-state index is 14.4. The molecule has 1 aliphatic rings. The minimum absolute atomic E-state index is 0.0947. The van der Waals surface area contributed by atoms with Gasteiger partial charge in [-0.25, -0.2) is 13.8 Å². The molecule has 1 aliphatic heterocycles. The first-order valence-electron chi connectivity index (χ1n) is 7.65. The van der Waals surface area contributed by atoms with Gasteiger partial charge in [0.05, 0.1) is 11.3 Å². The van der Waals surface area contributed by atoms with Gasteiger partial charge < -0.3 is 5.73 Å². The van der Waals surface area contributed by atoms with Gasteiger partial charge >= 0.3 is 0 Å². The van der Waals surface area contributed by atoms with E-state index < -0.39 is 17.2 Å². The first-order chi connectivity index (χ1) is 12.4. The van der Waals surface area contributed by atoms with E-state index in [4.69, 9.17) is 11.0 Å². The summed E-state index contributed by atoms with van der Waals surface area (Å²) in [6.07, 6.45) is 4.30. The fourth-order valence-electron chi connectivity index (χ4n) is 2.52. The van der Waals surface area contributed by atoms with Crippen molar-refractivity contribution in [3.63, 3.8) is 0 Å². The van der Waals surface area contributed by atoms with Crippen molar-refractivity contribution in [3.05, 3.63) is 76.2 Å². The van der Waals surface area contributed by atoms with Crippen molar-refractivity contribution in [2.45, 2.75) is 12.5 Å². The number of aliphatic imine (C=N–C) groups is 1. The molecule has 0 amide bonds. The summed E-state index contributed by atoms with van der Waals surface area (Å²) in [4.78, 5) is 8.22. The second kappa shape index (κ2) is 7.10. The summed E-state index contributed by atoms with van der Waals surface area (Å²) in [5, 5.41) is 10.9. The fourth-order valence-corrected chi connectivity index (χ4v) is 3.24. The smallest absolute Gasteiger partial charge is 0.159 e. The highest BCUT2D eigenvalue weighted by Gasteiger charge is 2.28. The zero-order chi connectivity index (χ0) is 18.7. The molecular weight excluding hydrogens is 354 g/mol. The summed E-state index contributed by atoms with van der Waals surface area (Å²) in [7, 11) is 0. The van der Waals surface area contributed by atoms with Crippen LogP contribution in [0.1, 0.15) is 29.3 Å². The Hall–Kier alpha value is -2.98. The summed E-state index contributed by atoms with van der Waals surface area (Å²) in [5.41, 5.74) is 6.00. The highest BCUT2D eigenvalue weighted by molar-refractivity contribution is 8.16. The zero-order valence-corrected chi connectivity index (χ0v) is 14.6. The molecule has 130 valence electrons. The van der Waals surface area contributed by atoms with Gasteiger partial charge in [0.1, 0.15) is 23.3 Å². The van der Waals surface area contributed by atoms with Gasteiger partial charge in [-0.15, -0.1) is 0 Å². The number of amidine groups is 1. The van der Waals surface area contributed by atoms with E-state index in [9.17, 15) is 8.78 Å². The molecule has 0 radical (unpaired) electrons. The zero-order valence-electron chi connectivity index (χ0n) is 13.8. The van der Waals surface area contributed by atoms with E-state index in [0.717, 1.165) is 0 Å². The van der Waals surface area contributed by atoms with E-state index in [2.05, 4.69) is 9.98 Å². The van der Waals surface area contributed by atoms with E-state index in [1.807, 2.05) is 6.07 Å². The summed E-state index contributed by atoms with van der Waals surface area (Å²) < 4.78 is 28.8. The van der Waals surface area contributed by atoms with Gasteiger partial charge in [-0.3, -0.25) is 4.98 Å². The molecule has 4 nitrogen and oxygen atoms in total. The maximum Gasteiger partial charge on any atom is 0.159 e. The predicted octanol–water partition coefficient (Wildman–Crippen LogP) is 4.35. The second-order valence-electron chi connectivity index (χ2n) is 5.79. The minimum atomic E-state index is -0.952. The Morgan fingerprint density at radius 3 is 2.81 bits per heavy atom. The van der Waals surface area contributed by atoms with Gasteiger partial charge in [0, 0.05) is 11.8 Å². The number of hydrogen-bond donors (Lipinski definition) is 1. The average Bonchev–Trinajstić information content (AvgIpc) is 2.63. The Labute approximate surface area is 153 Å². The number of benzene rings is 1. The van der Waals surface area contributed by atoms with Gasteiger partial charge in [0.25, 0.3) is 0 Å². The van der Waals surface area contributed by atoms with Crippen LogP contribution in [0.15, 0.2) is 53.0 Å². The van der Waals surface area contributed by atoms with E-state index in [0.29, 0.717) is 21.9 Å². The molecule has 2 heterocycles. The number of halogens is 2. The highest BCUT2D eigenvalue weighted by atomic mass is 32.2. The first-order valence-corrected chi connectivity index (χ1v) is 8.53. The van der Waals surface area contributed by atoms with Crippen molar-refractivity contribution in [1.29, 1.82) is 5.26 Å². The average molecular weight is 368 g/mol. The molecular formula is C19H14F2N4S. The number of rotatable bonds is 3. The fraction of sp³-hybridized carbons (Fsp3) is 0.105. The summed E-state index contributed by atoms with van der Waals surface area (Å²) in [5.74, 6) is -1.04. The van der Waals surface area contributed by atoms with Crippen molar-refractivity contribution < 1.29 is 8.78 Å². The van der Waals surface area contributed by atoms with Crippen LogP contribution in [-0.4, -0.2) is 10.2 Å². The summed E-state index contributed by atoms with van der Waals surface area (Å²) in [6.45, 7) is 1.74. The number of nitrogens with zero attached hydrogens (tertiary/aromatic N) is 3. The molecule has 1 unspecified atom stereocenters. The Morgan fingerprint density at radius 1 is 1.35 bits per heavy atom. The third kappa shape index (κ3) is 3.65.